The van der Waals surface area contributed by atoms with Crippen LogP contribution < -0.4 is 10.9 Å². The molecule has 0 aliphatic carbocycles. The predicted octanol–water partition coefficient (Wildman–Crippen LogP) is 4.95. The molecule has 224 valence electrons. The molecule has 2 N–H and O–H groups in total. The lowest BCUT2D eigenvalue weighted by molar-refractivity contribution is 0.0944. The molecule has 11 nitrogen and oxygen atoms in total. The maximum atomic E-state index is 13.9. The number of ketones is 1. The molecule has 0 amide bonds. The minimum Gasteiger partial charge on any atom is -0.392 e. The summed E-state index contributed by atoms with van der Waals surface area (Å²) < 4.78 is 3.15. The van der Waals surface area contributed by atoms with Gasteiger partial charge in [-0.15, -0.1) is 11.3 Å². The summed E-state index contributed by atoms with van der Waals surface area (Å²) in [6.45, 7) is -0.119. The van der Waals surface area contributed by atoms with Crippen LogP contribution in [-0.2, 0) is 19.7 Å². The zero-order chi connectivity index (χ0) is 31.3. The summed E-state index contributed by atoms with van der Waals surface area (Å²) in [4.78, 5) is 53.9. The summed E-state index contributed by atoms with van der Waals surface area (Å²) >= 11 is 7.52. The Labute approximate surface area is 265 Å². The minimum absolute atomic E-state index is 0.137. The van der Waals surface area contributed by atoms with Crippen molar-refractivity contribution < 1.29 is 14.7 Å². The molecule has 0 spiro atoms. The minimum atomic E-state index is -0.470. The van der Waals surface area contributed by atoms with Gasteiger partial charge in [-0.3, -0.25) is 24.4 Å². The SMILES string of the molecule is O=C(Cn1ccc(-c2cc(NCc3ccc(Cl)s3)n(C(=O)c3cccc(CO)c3)n2)c(-c2ccccn2)c1=O)c1cnccn1. The highest BCUT2D eigenvalue weighted by atomic mass is 35.5. The molecule has 0 fully saturated rings. The Morgan fingerprint density at radius 2 is 1.84 bits per heavy atom. The maximum absolute atomic E-state index is 13.9. The van der Waals surface area contributed by atoms with E-state index in [2.05, 4.69) is 25.4 Å². The molecule has 6 aromatic rings. The number of nitrogens with one attached hydrogen (secondary N) is 1. The number of hydrogen-bond donors (Lipinski definition) is 2. The number of aliphatic hydroxyl groups is 1. The molecule has 0 aliphatic heterocycles. The van der Waals surface area contributed by atoms with E-state index in [0.29, 0.717) is 44.8 Å². The average molecular weight is 638 g/mol. The number of aromatic nitrogens is 6. The van der Waals surface area contributed by atoms with Gasteiger partial charge in [0.05, 0.1) is 47.2 Å². The number of pyridine rings is 2. The number of anilines is 1. The van der Waals surface area contributed by atoms with Crippen LogP contribution in [0.15, 0.2) is 103 Å². The number of rotatable bonds is 10. The van der Waals surface area contributed by atoms with Crippen molar-refractivity contribution in [2.24, 2.45) is 0 Å². The van der Waals surface area contributed by atoms with E-state index in [1.807, 2.05) is 6.07 Å². The van der Waals surface area contributed by atoms with Gasteiger partial charge in [0.2, 0.25) is 5.78 Å². The van der Waals surface area contributed by atoms with Crippen LogP contribution in [0.4, 0.5) is 5.82 Å². The number of carbonyl (C=O) groups is 2. The number of aliphatic hydroxyl groups excluding tert-OH is 1. The first-order valence-corrected chi connectivity index (χ1v) is 14.9. The van der Waals surface area contributed by atoms with E-state index in [0.717, 1.165) is 4.88 Å². The second-order valence-corrected chi connectivity index (χ2v) is 11.6. The third-order valence-corrected chi connectivity index (χ3v) is 8.09. The van der Waals surface area contributed by atoms with Crippen molar-refractivity contribution in [3.63, 3.8) is 0 Å². The summed E-state index contributed by atoms with van der Waals surface area (Å²) in [6.07, 6.45) is 7.29. The van der Waals surface area contributed by atoms with Crippen LogP contribution in [0.2, 0.25) is 4.34 Å². The predicted molar refractivity (Wildman–Crippen MR) is 170 cm³/mol. The van der Waals surface area contributed by atoms with Gasteiger partial charge in [-0.1, -0.05) is 29.8 Å². The van der Waals surface area contributed by atoms with Crippen LogP contribution in [0, 0.1) is 0 Å². The molecule has 0 radical (unpaired) electrons. The van der Waals surface area contributed by atoms with Gasteiger partial charge >= 0.3 is 0 Å². The lowest BCUT2D eigenvalue weighted by atomic mass is 10.0. The Morgan fingerprint density at radius 1 is 0.956 bits per heavy atom. The number of carbonyl (C=O) groups excluding carboxylic acids is 2. The van der Waals surface area contributed by atoms with E-state index in [4.69, 9.17) is 11.6 Å². The van der Waals surface area contributed by atoms with Crippen molar-refractivity contribution in [1.29, 1.82) is 0 Å². The Kier molecular flexibility index (Phi) is 8.69. The Bertz CT molecular complexity index is 2060. The van der Waals surface area contributed by atoms with E-state index >= 15 is 0 Å². The molecule has 5 heterocycles. The quantitative estimate of drug-likeness (QED) is 0.199. The van der Waals surface area contributed by atoms with Gasteiger partial charge < -0.3 is 15.0 Å². The smallest absolute Gasteiger partial charge is 0.280 e. The summed E-state index contributed by atoms with van der Waals surface area (Å²) in [7, 11) is 0. The van der Waals surface area contributed by atoms with Crippen LogP contribution in [0.3, 0.4) is 0 Å². The molecule has 5 aromatic heterocycles. The van der Waals surface area contributed by atoms with Gasteiger partial charge in [0.25, 0.3) is 11.5 Å². The number of benzene rings is 1. The summed E-state index contributed by atoms with van der Waals surface area (Å²) in [6, 6.07) is 18.8. The third-order valence-electron chi connectivity index (χ3n) is 6.86. The van der Waals surface area contributed by atoms with Crippen LogP contribution in [0.25, 0.3) is 22.5 Å². The second-order valence-electron chi connectivity index (χ2n) is 9.82. The Balaban J connectivity index is 1.45. The average Bonchev–Trinajstić information content (AvgIpc) is 3.70. The lowest BCUT2D eigenvalue weighted by Gasteiger charge is -2.11. The van der Waals surface area contributed by atoms with Gasteiger partial charge in [0.15, 0.2) is 0 Å². The first-order chi connectivity index (χ1) is 21.9. The van der Waals surface area contributed by atoms with Gasteiger partial charge in [0.1, 0.15) is 11.5 Å². The normalized spacial score (nSPS) is 11.0. The van der Waals surface area contributed by atoms with Crippen LogP contribution >= 0.6 is 22.9 Å². The van der Waals surface area contributed by atoms with E-state index in [1.54, 1.807) is 66.9 Å². The van der Waals surface area contributed by atoms with Crippen molar-refractivity contribution in [1.82, 2.24) is 29.3 Å². The fourth-order valence-electron chi connectivity index (χ4n) is 4.69. The topological polar surface area (TPSA) is 145 Å². The Hall–Kier alpha value is -5.30. The van der Waals surface area contributed by atoms with Crippen molar-refractivity contribution in [3.05, 3.63) is 134 Å². The molecule has 0 aliphatic rings. The largest absolute Gasteiger partial charge is 0.392 e. The van der Waals surface area contributed by atoms with Crippen molar-refractivity contribution >= 4 is 40.4 Å². The molecular weight excluding hydrogens is 614 g/mol. The standard InChI is InChI=1S/C32H24ClN7O4S/c33-28-8-7-22(45-28)16-37-29-15-25(38-40(29)31(43)21-5-3-4-20(14-21)19-41)23-9-13-39(18-27(42)26-17-34-11-12-36-26)32(44)30(23)24-6-1-2-10-35-24/h1-15,17,37,41H,16,18-19H2. The Morgan fingerprint density at radius 3 is 2.58 bits per heavy atom. The second kappa shape index (κ2) is 13.1. The first kappa shape index (κ1) is 29.8. The highest BCUT2D eigenvalue weighted by Gasteiger charge is 2.23. The van der Waals surface area contributed by atoms with Crippen LogP contribution in [0.1, 0.15) is 31.3 Å². The maximum Gasteiger partial charge on any atom is 0.280 e. The highest BCUT2D eigenvalue weighted by Crippen LogP contribution is 2.30. The van der Waals surface area contributed by atoms with Crippen LogP contribution in [-0.4, -0.2) is 46.1 Å². The summed E-state index contributed by atoms with van der Waals surface area (Å²) in [5.74, 6) is -0.446. The first-order valence-electron chi connectivity index (χ1n) is 13.7. The fourth-order valence-corrected chi connectivity index (χ4v) is 5.72. The molecule has 6 rings (SSSR count). The third kappa shape index (κ3) is 6.48. The van der Waals surface area contributed by atoms with Crippen molar-refractivity contribution in [3.8, 4) is 22.5 Å². The van der Waals surface area contributed by atoms with Gasteiger partial charge in [-0.05, 0) is 48.0 Å². The molecule has 0 saturated carbocycles. The molecule has 1 aromatic carbocycles. The zero-order valence-corrected chi connectivity index (χ0v) is 25.1. The lowest BCUT2D eigenvalue weighted by Crippen LogP contribution is -2.26. The van der Waals surface area contributed by atoms with E-state index in [9.17, 15) is 19.5 Å². The molecule has 0 bridgehead atoms. The summed E-state index contributed by atoms with van der Waals surface area (Å²) in [5, 5.41) is 17.5. The van der Waals surface area contributed by atoms with E-state index in [1.165, 1.54) is 45.4 Å². The van der Waals surface area contributed by atoms with E-state index < -0.39 is 11.5 Å². The molecule has 13 heteroatoms. The summed E-state index contributed by atoms with van der Waals surface area (Å²) in [5.41, 5.74) is 1.90. The van der Waals surface area contributed by atoms with Crippen LogP contribution in [0.5, 0.6) is 0 Å². The van der Waals surface area contributed by atoms with Gasteiger partial charge in [0, 0.05) is 46.9 Å². The zero-order valence-electron chi connectivity index (χ0n) is 23.5. The molecule has 45 heavy (non-hydrogen) atoms. The van der Waals surface area contributed by atoms with Gasteiger partial charge in [-0.2, -0.15) is 9.78 Å². The fraction of sp³-hybridized carbons (Fsp3) is 0.0938. The van der Waals surface area contributed by atoms with E-state index in [-0.39, 0.29) is 30.2 Å². The molecular formula is C32H24ClN7O4S. The number of halogens is 1. The number of Topliss-reactive ketones (excluding diaryl/α,β-unsaturated/α-hetero) is 1. The monoisotopic (exact) mass is 637 g/mol. The van der Waals surface area contributed by atoms with Gasteiger partial charge in [-0.25, -0.2) is 4.98 Å². The number of hydrogen-bond acceptors (Lipinski definition) is 10. The number of nitrogens with zero attached hydrogens (tertiary/aromatic N) is 6. The van der Waals surface area contributed by atoms with Crippen molar-refractivity contribution in [2.45, 2.75) is 19.7 Å². The molecule has 0 saturated heterocycles. The molecule has 0 atom stereocenters. The highest BCUT2D eigenvalue weighted by molar-refractivity contribution is 7.16. The number of thiophene rings is 1. The van der Waals surface area contributed by atoms with Crippen molar-refractivity contribution in [2.75, 3.05) is 5.32 Å². The molecule has 0 unspecified atom stereocenters.